The summed E-state index contributed by atoms with van der Waals surface area (Å²) in [6.07, 6.45) is 3.04. The van der Waals surface area contributed by atoms with E-state index in [9.17, 15) is 24.0 Å². The number of thiophene rings is 1. The first-order valence-corrected chi connectivity index (χ1v) is 14.4. The van der Waals surface area contributed by atoms with Gasteiger partial charge in [0.2, 0.25) is 0 Å². The number of urea groups is 2. The monoisotopic (exact) mass is 623 g/mol. The largest absolute Gasteiger partial charge is 0.493 e. The minimum Gasteiger partial charge on any atom is -0.493 e. The highest BCUT2D eigenvalue weighted by Gasteiger charge is 2.25. The summed E-state index contributed by atoms with van der Waals surface area (Å²) in [5.74, 6) is -0.641. The van der Waals surface area contributed by atoms with Crippen LogP contribution in [0, 0.1) is 0 Å². The van der Waals surface area contributed by atoms with E-state index in [4.69, 9.17) is 18.9 Å². The van der Waals surface area contributed by atoms with Gasteiger partial charge in [-0.2, -0.15) is 0 Å². The summed E-state index contributed by atoms with van der Waals surface area (Å²) in [5.41, 5.74) is 1.89. The first-order valence-electron chi connectivity index (χ1n) is 13.5. The molecule has 0 saturated heterocycles. The first-order chi connectivity index (χ1) is 21.2. The third-order valence-corrected chi connectivity index (χ3v) is 6.81. The van der Waals surface area contributed by atoms with Crippen LogP contribution in [0.5, 0.6) is 11.5 Å². The van der Waals surface area contributed by atoms with Gasteiger partial charge in [-0.05, 0) is 73.3 Å². The molecule has 13 heteroatoms. The van der Waals surface area contributed by atoms with Crippen molar-refractivity contribution in [1.82, 2.24) is 10.6 Å². The van der Waals surface area contributed by atoms with Gasteiger partial charge >= 0.3 is 24.0 Å². The molecule has 3 rings (SSSR count). The molecule has 0 bridgehead atoms. The molecule has 0 aliphatic rings. The Bertz CT molecular complexity index is 1470. The van der Waals surface area contributed by atoms with Crippen LogP contribution in [0.3, 0.4) is 0 Å². The van der Waals surface area contributed by atoms with Crippen LogP contribution < -0.4 is 25.0 Å². The Morgan fingerprint density at radius 3 is 1.95 bits per heavy atom. The summed E-state index contributed by atoms with van der Waals surface area (Å²) < 4.78 is 20.7. The molecule has 0 fully saturated rings. The Balaban J connectivity index is 1.82. The van der Waals surface area contributed by atoms with Crippen LogP contribution in [0.2, 0.25) is 0 Å². The van der Waals surface area contributed by atoms with Gasteiger partial charge in [-0.1, -0.05) is 12.1 Å². The first kappa shape index (κ1) is 33.3. The molecule has 4 amide bonds. The minimum atomic E-state index is -0.951. The number of hydrogen-bond acceptors (Lipinski definition) is 10. The van der Waals surface area contributed by atoms with Crippen molar-refractivity contribution in [3.8, 4) is 21.9 Å². The fraction of sp³-hybridized carbons (Fsp3) is 0.258. The van der Waals surface area contributed by atoms with E-state index in [2.05, 4.69) is 10.6 Å². The Kier molecular flexibility index (Phi) is 12.5. The minimum absolute atomic E-state index is 0.0775. The second kappa shape index (κ2) is 16.5. The molecule has 44 heavy (non-hydrogen) atoms. The van der Waals surface area contributed by atoms with Crippen molar-refractivity contribution in [2.24, 2.45) is 0 Å². The Morgan fingerprint density at radius 1 is 0.841 bits per heavy atom. The van der Waals surface area contributed by atoms with Crippen molar-refractivity contribution in [2.75, 3.05) is 45.4 Å². The zero-order chi connectivity index (χ0) is 32.1. The van der Waals surface area contributed by atoms with Gasteiger partial charge < -0.3 is 29.6 Å². The van der Waals surface area contributed by atoms with Crippen molar-refractivity contribution >= 4 is 52.9 Å². The van der Waals surface area contributed by atoms with Crippen molar-refractivity contribution in [2.45, 2.75) is 13.8 Å². The third-order valence-electron chi connectivity index (χ3n) is 5.91. The number of imide groups is 1. The molecule has 12 nitrogen and oxygen atoms in total. The normalized spacial score (nSPS) is 10.5. The van der Waals surface area contributed by atoms with Crippen molar-refractivity contribution in [1.29, 1.82) is 0 Å². The van der Waals surface area contributed by atoms with Crippen molar-refractivity contribution in [3.05, 3.63) is 71.1 Å². The number of esters is 2. The molecule has 2 aromatic carbocycles. The van der Waals surface area contributed by atoms with Gasteiger partial charge in [0.25, 0.3) is 0 Å². The maximum Gasteiger partial charge on any atom is 0.330 e. The quantitative estimate of drug-likeness (QED) is 0.157. The van der Waals surface area contributed by atoms with E-state index < -0.39 is 37.1 Å². The standard InChI is InChI=1S/C31H33N3O9S/c1-5-42-27(36)18-32-30(38)34(31(39)33-19-28(37)43-6-2)22-12-10-21(11-13-22)24(35)14-9-20-16-23(26-8-7-15-44-26)29(41-4)25(17-20)40-3/h7-17H,5-6,18-19H2,1-4H3,(H,32,38)(H,33,39). The van der Waals surface area contributed by atoms with Crippen LogP contribution in [0.15, 0.2) is 60.0 Å². The molecule has 2 N–H and O–H groups in total. The van der Waals surface area contributed by atoms with Crippen molar-refractivity contribution < 1.29 is 42.9 Å². The lowest BCUT2D eigenvalue weighted by Gasteiger charge is -2.21. The number of nitrogens with one attached hydrogen (secondary N) is 2. The molecule has 0 aliphatic heterocycles. The van der Waals surface area contributed by atoms with Gasteiger partial charge in [-0.3, -0.25) is 14.4 Å². The zero-order valence-electron chi connectivity index (χ0n) is 24.7. The fourth-order valence-electron chi connectivity index (χ4n) is 3.94. The molecule has 0 unspecified atom stereocenters. The number of benzene rings is 2. The van der Waals surface area contributed by atoms with Crippen LogP contribution >= 0.6 is 11.3 Å². The maximum absolute atomic E-state index is 13.0. The number of amides is 4. The Labute approximate surface area is 258 Å². The van der Waals surface area contributed by atoms with Gasteiger partial charge in [0.15, 0.2) is 17.3 Å². The summed E-state index contributed by atoms with van der Waals surface area (Å²) in [5, 5.41) is 6.56. The molecule has 0 radical (unpaired) electrons. The number of carbonyl (C=O) groups is 5. The Hall–Kier alpha value is -5.17. The van der Waals surface area contributed by atoms with E-state index in [1.54, 1.807) is 44.4 Å². The van der Waals surface area contributed by atoms with E-state index in [-0.39, 0.29) is 30.2 Å². The van der Waals surface area contributed by atoms with E-state index in [1.165, 1.54) is 37.5 Å². The number of ether oxygens (including phenoxy) is 4. The van der Waals surface area contributed by atoms with Crippen LogP contribution in [0.4, 0.5) is 15.3 Å². The number of rotatable bonds is 13. The molecule has 1 heterocycles. The molecule has 0 spiro atoms. The lowest BCUT2D eigenvalue weighted by atomic mass is 10.0. The summed E-state index contributed by atoms with van der Waals surface area (Å²) in [7, 11) is 3.10. The lowest BCUT2D eigenvalue weighted by molar-refractivity contribution is -0.142. The smallest absolute Gasteiger partial charge is 0.330 e. The van der Waals surface area contributed by atoms with E-state index >= 15 is 0 Å². The summed E-state index contributed by atoms with van der Waals surface area (Å²) in [6.45, 7) is 2.49. The summed E-state index contributed by atoms with van der Waals surface area (Å²) >= 11 is 1.54. The number of ketones is 1. The average molecular weight is 624 g/mol. The number of anilines is 1. The number of hydrogen-bond donors (Lipinski definition) is 2. The topological polar surface area (TPSA) is 150 Å². The lowest BCUT2D eigenvalue weighted by Crippen LogP contribution is -2.51. The van der Waals surface area contributed by atoms with Crippen LogP contribution in [-0.2, 0) is 19.1 Å². The number of methoxy groups -OCH3 is 2. The molecular weight excluding hydrogens is 590 g/mol. The van der Waals surface area contributed by atoms with Gasteiger partial charge in [0.05, 0.1) is 33.1 Å². The second-order valence-corrected chi connectivity index (χ2v) is 9.74. The summed E-state index contributed by atoms with van der Waals surface area (Å²) in [4.78, 5) is 63.9. The second-order valence-electron chi connectivity index (χ2n) is 8.79. The molecule has 0 aliphatic carbocycles. The molecule has 1 aromatic heterocycles. The fourth-order valence-corrected chi connectivity index (χ4v) is 4.68. The van der Waals surface area contributed by atoms with Gasteiger partial charge in [-0.25, -0.2) is 14.5 Å². The molecule has 0 atom stereocenters. The SMILES string of the molecule is CCOC(=O)CNC(=O)N(C(=O)NCC(=O)OCC)c1ccc(C(=O)C=Cc2cc(OC)c(OC)c(-c3cccs3)c2)cc1. The number of allylic oxidation sites excluding steroid dienone is 1. The highest BCUT2D eigenvalue weighted by atomic mass is 32.1. The molecule has 3 aromatic rings. The van der Waals surface area contributed by atoms with Crippen LogP contribution in [0.1, 0.15) is 29.8 Å². The molecule has 0 saturated carbocycles. The number of carbonyl (C=O) groups excluding carboxylic acids is 5. The zero-order valence-corrected chi connectivity index (χ0v) is 25.5. The predicted octanol–water partition coefficient (Wildman–Crippen LogP) is 4.68. The van der Waals surface area contributed by atoms with Gasteiger partial charge in [-0.15, -0.1) is 11.3 Å². The highest BCUT2D eigenvalue weighted by Crippen LogP contribution is 2.41. The van der Waals surface area contributed by atoms with Gasteiger partial charge in [0.1, 0.15) is 13.1 Å². The Morgan fingerprint density at radius 2 is 1.45 bits per heavy atom. The van der Waals surface area contributed by atoms with E-state index in [1.807, 2.05) is 23.6 Å². The average Bonchev–Trinajstić information content (AvgIpc) is 3.57. The van der Waals surface area contributed by atoms with Gasteiger partial charge in [0, 0.05) is 16.0 Å². The molecule has 232 valence electrons. The van der Waals surface area contributed by atoms with Crippen molar-refractivity contribution in [3.63, 3.8) is 0 Å². The van der Waals surface area contributed by atoms with E-state index in [0.29, 0.717) is 22.0 Å². The maximum atomic E-state index is 13.0. The predicted molar refractivity (Wildman–Crippen MR) is 165 cm³/mol. The number of nitrogens with zero attached hydrogens (tertiary/aromatic N) is 1. The summed E-state index contributed by atoms with van der Waals surface area (Å²) in [6, 6.07) is 11.3. The van der Waals surface area contributed by atoms with E-state index in [0.717, 1.165) is 10.4 Å². The van der Waals surface area contributed by atoms with Crippen LogP contribution in [-0.4, -0.2) is 70.3 Å². The molecular formula is C31H33N3O9S. The third kappa shape index (κ3) is 8.91. The highest BCUT2D eigenvalue weighted by molar-refractivity contribution is 7.13. The van der Waals surface area contributed by atoms with Crippen LogP contribution in [0.25, 0.3) is 16.5 Å².